The number of halogens is 1. The number of sulfonamides is 1. The highest BCUT2D eigenvalue weighted by Crippen LogP contribution is 2.29. The molecule has 0 unspecified atom stereocenters. The minimum absolute atomic E-state index is 0.233. The van der Waals surface area contributed by atoms with Crippen molar-refractivity contribution in [3.63, 3.8) is 0 Å². The molecular weight excluding hydrogens is 569 g/mol. The lowest BCUT2D eigenvalue weighted by molar-refractivity contribution is 0.0930. The van der Waals surface area contributed by atoms with E-state index in [1.807, 2.05) is 11.8 Å². The highest BCUT2D eigenvalue weighted by molar-refractivity contribution is 7.93. The summed E-state index contributed by atoms with van der Waals surface area (Å²) in [6.45, 7) is 3.86. The molecule has 1 saturated heterocycles. The highest BCUT2D eigenvalue weighted by atomic mass is 32.2. The van der Waals surface area contributed by atoms with Gasteiger partial charge in [0, 0.05) is 32.0 Å². The van der Waals surface area contributed by atoms with E-state index in [2.05, 4.69) is 30.0 Å². The lowest BCUT2D eigenvalue weighted by Gasteiger charge is -2.22. The Balaban J connectivity index is 1.33. The molecule has 2 atom stereocenters. The van der Waals surface area contributed by atoms with Crippen LogP contribution in [-0.4, -0.2) is 76.8 Å². The maximum absolute atomic E-state index is 13.8. The number of hydrogen-bond acceptors (Lipinski definition) is 10. The minimum Gasteiger partial charge on any atom is -0.477 e. The molecule has 0 radical (unpaired) electrons. The number of nitrogens with zero attached hydrogens (tertiary/aromatic N) is 5. The molecule has 1 aliphatic heterocycles. The third-order valence-electron chi connectivity index (χ3n) is 7.25. The van der Waals surface area contributed by atoms with Gasteiger partial charge in [0.25, 0.3) is 5.91 Å². The summed E-state index contributed by atoms with van der Waals surface area (Å²) in [4.78, 5) is 33.3. The van der Waals surface area contributed by atoms with E-state index in [4.69, 9.17) is 4.74 Å². The summed E-state index contributed by atoms with van der Waals surface area (Å²) in [5.41, 5.74) is 1.45. The smallest absolute Gasteiger partial charge is 0.280 e. The van der Waals surface area contributed by atoms with E-state index in [0.717, 1.165) is 12.8 Å². The Labute approximate surface area is 243 Å². The molecule has 5 rings (SSSR count). The molecular formula is C27H34FN7O4S2. The molecule has 1 amide bonds. The average molecular weight is 604 g/mol. The third kappa shape index (κ3) is 7.54. The third-order valence-corrected chi connectivity index (χ3v) is 10.1. The normalized spacial score (nSPS) is 18.8. The number of hydrogen-bond donors (Lipinski definition) is 2. The van der Waals surface area contributed by atoms with Gasteiger partial charge < -0.3 is 15.0 Å². The molecule has 3 aromatic rings. The number of rotatable bonds is 12. The summed E-state index contributed by atoms with van der Waals surface area (Å²) in [6.07, 6.45) is 9.39. The van der Waals surface area contributed by atoms with E-state index < -0.39 is 33.4 Å². The number of likely N-dealkylation sites (tertiary alicyclic amines) is 1. The first-order valence-corrected chi connectivity index (χ1v) is 16.2. The van der Waals surface area contributed by atoms with Gasteiger partial charge in [-0.05, 0) is 44.7 Å². The molecule has 1 aliphatic carbocycles. The molecule has 41 heavy (non-hydrogen) atoms. The van der Waals surface area contributed by atoms with Gasteiger partial charge in [-0.15, -0.1) is 11.3 Å². The van der Waals surface area contributed by atoms with Crippen molar-refractivity contribution in [3.05, 3.63) is 47.6 Å². The number of aromatic nitrogens is 4. The average Bonchev–Trinajstić information content (AvgIpc) is 3.74. The molecule has 3 aromatic heterocycles. The van der Waals surface area contributed by atoms with Crippen LogP contribution in [0.4, 0.5) is 10.1 Å². The Morgan fingerprint density at radius 3 is 2.80 bits per heavy atom. The predicted octanol–water partition coefficient (Wildman–Crippen LogP) is 3.98. The number of alkyl halides is 1. The summed E-state index contributed by atoms with van der Waals surface area (Å²) in [5, 5.41) is 2.84. The van der Waals surface area contributed by atoms with E-state index in [-0.39, 0.29) is 5.01 Å². The number of anilines is 1. The maximum Gasteiger partial charge on any atom is 0.280 e. The summed E-state index contributed by atoms with van der Waals surface area (Å²) >= 11 is 1.17. The lowest BCUT2D eigenvalue weighted by Crippen LogP contribution is -2.33. The maximum atomic E-state index is 13.8. The zero-order valence-corrected chi connectivity index (χ0v) is 24.5. The van der Waals surface area contributed by atoms with E-state index in [1.165, 1.54) is 23.7 Å². The number of ether oxygens (including phenoxy) is 1. The van der Waals surface area contributed by atoms with Gasteiger partial charge in [-0.1, -0.05) is 12.8 Å². The molecule has 4 heterocycles. The van der Waals surface area contributed by atoms with Crippen molar-refractivity contribution in [2.24, 2.45) is 0 Å². The fourth-order valence-corrected chi connectivity index (χ4v) is 7.49. The van der Waals surface area contributed by atoms with Gasteiger partial charge in [0.1, 0.15) is 11.9 Å². The zero-order chi connectivity index (χ0) is 28.8. The molecule has 2 fully saturated rings. The van der Waals surface area contributed by atoms with Crippen LogP contribution in [-0.2, 0) is 10.0 Å². The highest BCUT2D eigenvalue weighted by Gasteiger charge is 2.29. The minimum atomic E-state index is -3.53. The molecule has 220 valence electrons. The Morgan fingerprint density at radius 2 is 2.05 bits per heavy atom. The van der Waals surface area contributed by atoms with Crippen LogP contribution in [0.2, 0.25) is 0 Å². The van der Waals surface area contributed by atoms with Gasteiger partial charge in [0.05, 0.1) is 46.6 Å². The molecule has 0 bridgehead atoms. The first-order valence-electron chi connectivity index (χ1n) is 13.9. The van der Waals surface area contributed by atoms with Crippen LogP contribution < -0.4 is 14.8 Å². The molecule has 0 spiro atoms. The van der Waals surface area contributed by atoms with Crippen LogP contribution in [0.25, 0.3) is 10.6 Å². The number of amides is 1. The quantitative estimate of drug-likeness (QED) is 0.315. The number of carbonyl (C=O) groups is 1. The molecule has 11 nitrogen and oxygen atoms in total. The van der Waals surface area contributed by atoms with Crippen molar-refractivity contribution in [1.82, 2.24) is 30.2 Å². The largest absolute Gasteiger partial charge is 0.477 e. The molecule has 1 saturated carbocycles. The van der Waals surface area contributed by atoms with Crippen LogP contribution >= 0.6 is 11.3 Å². The van der Waals surface area contributed by atoms with Crippen molar-refractivity contribution in [2.45, 2.75) is 62.9 Å². The molecule has 2 aliphatic rings. The molecule has 2 N–H and O–H groups in total. The van der Waals surface area contributed by atoms with Crippen LogP contribution in [0.3, 0.4) is 0 Å². The topological polar surface area (TPSA) is 139 Å². The van der Waals surface area contributed by atoms with Crippen molar-refractivity contribution >= 4 is 33.0 Å². The van der Waals surface area contributed by atoms with E-state index in [9.17, 15) is 17.6 Å². The van der Waals surface area contributed by atoms with Gasteiger partial charge in [-0.25, -0.2) is 22.8 Å². The van der Waals surface area contributed by atoms with Gasteiger partial charge in [0.2, 0.25) is 15.9 Å². The van der Waals surface area contributed by atoms with Crippen molar-refractivity contribution in [2.75, 3.05) is 31.0 Å². The fraction of sp³-hybridized carbons (Fsp3) is 0.519. The van der Waals surface area contributed by atoms with Crippen molar-refractivity contribution < 1.29 is 22.3 Å². The summed E-state index contributed by atoms with van der Waals surface area (Å²) < 4.78 is 47.7. The molecule has 14 heteroatoms. The van der Waals surface area contributed by atoms with Crippen molar-refractivity contribution in [3.8, 4) is 16.5 Å². The van der Waals surface area contributed by atoms with E-state index >= 15 is 0 Å². The van der Waals surface area contributed by atoms with Crippen molar-refractivity contribution in [1.29, 1.82) is 0 Å². The van der Waals surface area contributed by atoms with Gasteiger partial charge in [-0.3, -0.25) is 19.5 Å². The summed E-state index contributed by atoms with van der Waals surface area (Å²) in [5.74, 6) is -0.0138. The van der Waals surface area contributed by atoms with Crippen LogP contribution in [0.5, 0.6) is 5.88 Å². The van der Waals surface area contributed by atoms with Gasteiger partial charge in [0.15, 0.2) is 5.01 Å². The Kier molecular flexibility index (Phi) is 9.40. The monoisotopic (exact) mass is 603 g/mol. The van der Waals surface area contributed by atoms with Crippen LogP contribution in [0.15, 0.2) is 36.9 Å². The second-order valence-corrected chi connectivity index (χ2v) is 13.2. The first kappa shape index (κ1) is 29.3. The number of nitrogens with one attached hydrogen (secondary N) is 2. The SMILES string of the molecule is CCOc1cncc(-c2cnc(C(=O)N[C@H](CCN3CC[C@@H](F)C3)c3cc(NS(=O)(=O)C4CCCC4)ccn3)s2)n1. The standard InChI is InChI=1S/C27H34FN7O4S2/c1-2-39-25-16-29-14-23(32-25)24-15-31-27(40-24)26(36)33-21(9-12-35-11-8-18(28)17-35)22-13-19(7-10-30-22)34-41(37,38)20-5-3-4-6-20/h7,10,13-16,18,20-21H,2-6,8-9,11-12,17H2,1H3,(H,30,34)(H,33,36)/t18-,21-/m1/s1. The van der Waals surface area contributed by atoms with Gasteiger partial charge >= 0.3 is 0 Å². The second kappa shape index (κ2) is 13.2. The second-order valence-electron chi connectivity index (χ2n) is 10.2. The van der Waals surface area contributed by atoms with Crippen LogP contribution in [0, 0.1) is 0 Å². The van der Waals surface area contributed by atoms with E-state index in [1.54, 1.807) is 24.5 Å². The number of carbonyl (C=O) groups excluding carboxylic acids is 1. The van der Waals surface area contributed by atoms with E-state index in [0.29, 0.717) is 79.8 Å². The Hall–Kier alpha value is -3.23. The number of thiazole rings is 1. The fourth-order valence-electron chi connectivity index (χ4n) is 5.14. The predicted molar refractivity (Wildman–Crippen MR) is 154 cm³/mol. The summed E-state index contributed by atoms with van der Waals surface area (Å²) in [6, 6.07) is 2.71. The summed E-state index contributed by atoms with van der Waals surface area (Å²) in [7, 11) is -3.53. The lowest BCUT2D eigenvalue weighted by atomic mass is 10.1. The van der Waals surface area contributed by atoms with Crippen LogP contribution in [0.1, 0.15) is 67.0 Å². The Morgan fingerprint density at radius 1 is 1.22 bits per heavy atom. The molecule has 0 aromatic carbocycles. The number of pyridine rings is 1. The zero-order valence-electron chi connectivity index (χ0n) is 22.8. The first-order chi connectivity index (χ1) is 19.8. The Bertz CT molecular complexity index is 1450. The van der Waals surface area contributed by atoms with Gasteiger partial charge in [-0.2, -0.15) is 0 Å².